The van der Waals surface area contributed by atoms with Gasteiger partial charge in [-0.3, -0.25) is 18.4 Å². The monoisotopic (exact) mass is 270 g/mol. The van der Waals surface area contributed by atoms with Crippen LogP contribution in [0.25, 0.3) is 0 Å². The van der Waals surface area contributed by atoms with Gasteiger partial charge in [0.1, 0.15) is 0 Å². The van der Waals surface area contributed by atoms with Crippen LogP contribution in [0.4, 0.5) is 0 Å². The lowest BCUT2D eigenvalue weighted by molar-refractivity contribution is -0.152. The molecule has 0 spiro atoms. The molecule has 0 heterocycles. The standard InChI is InChI=1S/C8H15O8P/c1-3-14-17(13,15-4-2)16-6(8(11)12)5-7(9)10/h6H,3-5H2,1-2H3,(H,9,10)(H,11,12). The van der Waals surface area contributed by atoms with Crippen molar-refractivity contribution in [2.45, 2.75) is 26.4 Å². The molecule has 0 aromatic carbocycles. The summed E-state index contributed by atoms with van der Waals surface area (Å²) in [5.41, 5.74) is 0. The Morgan fingerprint density at radius 2 is 1.65 bits per heavy atom. The van der Waals surface area contributed by atoms with E-state index >= 15 is 0 Å². The highest BCUT2D eigenvalue weighted by molar-refractivity contribution is 7.48. The molecule has 0 aliphatic rings. The number of carboxylic acids is 2. The summed E-state index contributed by atoms with van der Waals surface area (Å²) in [5, 5.41) is 17.2. The van der Waals surface area contributed by atoms with Crippen molar-refractivity contribution >= 4 is 19.8 Å². The van der Waals surface area contributed by atoms with Gasteiger partial charge in [-0.15, -0.1) is 0 Å². The average molecular weight is 270 g/mol. The Morgan fingerprint density at radius 3 is 1.94 bits per heavy atom. The third kappa shape index (κ3) is 6.38. The van der Waals surface area contributed by atoms with Crippen LogP contribution < -0.4 is 0 Å². The van der Waals surface area contributed by atoms with Gasteiger partial charge in [0, 0.05) is 0 Å². The van der Waals surface area contributed by atoms with E-state index in [0.29, 0.717) is 0 Å². The number of hydrogen-bond donors (Lipinski definition) is 2. The van der Waals surface area contributed by atoms with Crippen LogP contribution in [-0.4, -0.2) is 41.5 Å². The van der Waals surface area contributed by atoms with E-state index in [1.807, 2.05) is 0 Å². The maximum absolute atomic E-state index is 11.8. The first-order chi connectivity index (χ1) is 7.84. The molecule has 0 rings (SSSR count). The molecule has 1 unspecified atom stereocenters. The van der Waals surface area contributed by atoms with Gasteiger partial charge in [0.25, 0.3) is 0 Å². The van der Waals surface area contributed by atoms with Crippen molar-refractivity contribution in [3.8, 4) is 0 Å². The minimum Gasteiger partial charge on any atom is -0.481 e. The summed E-state index contributed by atoms with van der Waals surface area (Å²) in [4.78, 5) is 21.1. The minimum atomic E-state index is -4.03. The number of carboxylic acid groups (broad SMARTS) is 2. The van der Waals surface area contributed by atoms with E-state index in [1.54, 1.807) is 0 Å². The fourth-order valence-corrected chi connectivity index (χ4v) is 2.20. The molecule has 0 aromatic heterocycles. The molecule has 0 amide bonds. The topological polar surface area (TPSA) is 119 Å². The third-order valence-corrected chi connectivity index (χ3v) is 3.13. The molecule has 0 saturated heterocycles. The highest BCUT2D eigenvalue weighted by atomic mass is 31.2. The zero-order chi connectivity index (χ0) is 13.5. The normalized spacial score (nSPS) is 13.3. The van der Waals surface area contributed by atoms with E-state index in [9.17, 15) is 14.2 Å². The van der Waals surface area contributed by atoms with Crippen LogP contribution >= 0.6 is 7.82 Å². The number of hydrogen-bond acceptors (Lipinski definition) is 6. The second kappa shape index (κ2) is 7.39. The molecule has 100 valence electrons. The summed E-state index contributed by atoms with van der Waals surface area (Å²) in [5.74, 6) is -2.94. The van der Waals surface area contributed by atoms with Gasteiger partial charge >= 0.3 is 19.8 Å². The third-order valence-electron chi connectivity index (χ3n) is 1.47. The molecule has 0 radical (unpaired) electrons. The Labute approximate surface area is 98.1 Å². The highest BCUT2D eigenvalue weighted by Crippen LogP contribution is 2.50. The van der Waals surface area contributed by atoms with Crippen LogP contribution in [0.5, 0.6) is 0 Å². The molecule has 9 heteroatoms. The van der Waals surface area contributed by atoms with E-state index < -0.39 is 32.3 Å². The SMILES string of the molecule is CCOP(=O)(OCC)OC(CC(=O)O)C(=O)O. The summed E-state index contributed by atoms with van der Waals surface area (Å²) in [6.45, 7) is 3.00. The molecule has 0 saturated carbocycles. The maximum Gasteiger partial charge on any atom is 0.475 e. The molecule has 0 fully saturated rings. The number of phosphoric ester groups is 1. The molecule has 2 N–H and O–H groups in total. The van der Waals surface area contributed by atoms with Gasteiger partial charge in [0.15, 0.2) is 6.10 Å². The summed E-state index contributed by atoms with van der Waals surface area (Å²) in [6.07, 6.45) is -2.61. The molecular formula is C8H15O8P. The van der Waals surface area contributed by atoms with Crippen molar-refractivity contribution < 1.29 is 37.9 Å². The lowest BCUT2D eigenvalue weighted by Crippen LogP contribution is -2.26. The Balaban J connectivity index is 4.73. The predicted molar refractivity (Wildman–Crippen MR) is 55.6 cm³/mol. The maximum atomic E-state index is 11.8. The van der Waals surface area contributed by atoms with Crippen LogP contribution in [0.2, 0.25) is 0 Å². The van der Waals surface area contributed by atoms with Crippen LogP contribution in [0.1, 0.15) is 20.3 Å². The Morgan fingerprint density at radius 1 is 1.18 bits per heavy atom. The summed E-state index contributed by atoms with van der Waals surface area (Å²) >= 11 is 0. The van der Waals surface area contributed by atoms with Crippen LogP contribution in [0.15, 0.2) is 0 Å². The van der Waals surface area contributed by atoms with Crippen LogP contribution in [-0.2, 0) is 27.7 Å². The molecule has 1 atom stereocenters. The number of aliphatic carboxylic acids is 2. The van der Waals surface area contributed by atoms with Gasteiger partial charge in [-0.05, 0) is 13.8 Å². The van der Waals surface area contributed by atoms with Gasteiger partial charge in [-0.1, -0.05) is 0 Å². The number of carbonyl (C=O) groups is 2. The second-order valence-corrected chi connectivity index (χ2v) is 4.43. The molecule has 0 aliphatic carbocycles. The second-order valence-electron chi connectivity index (χ2n) is 2.81. The van der Waals surface area contributed by atoms with Crippen LogP contribution in [0.3, 0.4) is 0 Å². The molecule has 0 aliphatic heterocycles. The molecule has 0 aromatic rings. The first-order valence-electron chi connectivity index (χ1n) is 4.86. The zero-order valence-corrected chi connectivity index (χ0v) is 10.4. The number of phosphoric acid groups is 1. The fraction of sp³-hybridized carbons (Fsp3) is 0.750. The average Bonchev–Trinajstić information content (AvgIpc) is 2.16. The van der Waals surface area contributed by atoms with E-state index in [-0.39, 0.29) is 13.2 Å². The highest BCUT2D eigenvalue weighted by Gasteiger charge is 2.34. The molecular weight excluding hydrogens is 255 g/mol. The van der Waals surface area contributed by atoms with Gasteiger partial charge in [-0.25, -0.2) is 9.36 Å². The van der Waals surface area contributed by atoms with E-state index in [2.05, 4.69) is 13.6 Å². The number of rotatable bonds is 9. The fourth-order valence-electron chi connectivity index (χ4n) is 0.898. The minimum absolute atomic E-state index is 0.0172. The predicted octanol–water partition coefficient (Wildman–Crippen LogP) is 1.11. The first-order valence-corrected chi connectivity index (χ1v) is 6.32. The lowest BCUT2D eigenvalue weighted by Gasteiger charge is -2.19. The van der Waals surface area contributed by atoms with E-state index in [4.69, 9.17) is 10.2 Å². The molecule has 17 heavy (non-hydrogen) atoms. The zero-order valence-electron chi connectivity index (χ0n) is 9.49. The van der Waals surface area contributed by atoms with Crippen molar-refractivity contribution in [3.05, 3.63) is 0 Å². The Hall–Kier alpha value is -0.950. The van der Waals surface area contributed by atoms with E-state index in [1.165, 1.54) is 13.8 Å². The van der Waals surface area contributed by atoms with E-state index in [0.717, 1.165) is 0 Å². The van der Waals surface area contributed by atoms with Crippen molar-refractivity contribution in [1.29, 1.82) is 0 Å². The quantitative estimate of drug-likeness (QED) is 0.598. The van der Waals surface area contributed by atoms with Gasteiger partial charge < -0.3 is 10.2 Å². The van der Waals surface area contributed by atoms with Crippen molar-refractivity contribution in [3.63, 3.8) is 0 Å². The largest absolute Gasteiger partial charge is 0.481 e. The van der Waals surface area contributed by atoms with Crippen molar-refractivity contribution in [2.75, 3.05) is 13.2 Å². The van der Waals surface area contributed by atoms with Gasteiger partial charge in [-0.2, -0.15) is 0 Å². The smallest absolute Gasteiger partial charge is 0.475 e. The van der Waals surface area contributed by atoms with Gasteiger partial charge in [0.2, 0.25) is 0 Å². The first kappa shape index (κ1) is 16.1. The Kier molecular flexibility index (Phi) is 6.98. The van der Waals surface area contributed by atoms with Crippen LogP contribution in [0, 0.1) is 0 Å². The van der Waals surface area contributed by atoms with Gasteiger partial charge in [0.05, 0.1) is 19.6 Å². The summed E-state index contributed by atoms with van der Waals surface area (Å²) in [7, 11) is -4.03. The molecule has 0 bridgehead atoms. The lowest BCUT2D eigenvalue weighted by atomic mass is 10.3. The van der Waals surface area contributed by atoms with Crippen molar-refractivity contribution in [1.82, 2.24) is 0 Å². The Bertz CT molecular complexity index is 305. The molecule has 8 nitrogen and oxygen atoms in total. The summed E-state index contributed by atoms with van der Waals surface area (Å²) < 4.78 is 25.8. The van der Waals surface area contributed by atoms with Crippen molar-refractivity contribution in [2.24, 2.45) is 0 Å². The summed E-state index contributed by atoms with van der Waals surface area (Å²) in [6, 6.07) is 0.